The Labute approximate surface area is 142 Å². The number of rotatable bonds is 2. The molecule has 6 heteroatoms. The molecular formula is C15H10Cl4N2. The fraction of sp³-hybridized carbons (Fsp3) is 0.133. The number of benzene rings is 2. The van der Waals surface area contributed by atoms with Gasteiger partial charge in [0.1, 0.15) is 5.82 Å². The van der Waals surface area contributed by atoms with Gasteiger partial charge < -0.3 is 0 Å². The summed E-state index contributed by atoms with van der Waals surface area (Å²) in [5, 5.41) is 1.39. The Kier molecular flexibility index (Phi) is 4.06. The quantitative estimate of drug-likeness (QED) is 0.492. The molecule has 2 aromatic carbocycles. The van der Waals surface area contributed by atoms with E-state index in [1.54, 1.807) is 18.2 Å². The van der Waals surface area contributed by atoms with Gasteiger partial charge in [0.05, 0.1) is 27.1 Å². The van der Waals surface area contributed by atoms with Gasteiger partial charge in [-0.05, 0) is 37.3 Å². The van der Waals surface area contributed by atoms with Crippen LogP contribution in [0.5, 0.6) is 0 Å². The minimum Gasteiger partial charge on any atom is -0.293 e. The molecule has 0 saturated carbocycles. The molecule has 0 radical (unpaired) electrons. The standard InChI is InChI=1S/C15H10Cl4N2/c1-8(16)15-20-13-4-2-3-12(19)14(13)21(15)11-6-9(17)5-10(18)7-11/h2-8H,1H3. The number of hydrogen-bond acceptors (Lipinski definition) is 1. The molecule has 0 aliphatic heterocycles. The van der Waals surface area contributed by atoms with Crippen molar-refractivity contribution in [2.24, 2.45) is 0 Å². The second-order valence-electron chi connectivity index (χ2n) is 4.66. The summed E-state index contributed by atoms with van der Waals surface area (Å²) in [6.07, 6.45) is 0. The molecule has 0 fully saturated rings. The summed E-state index contributed by atoms with van der Waals surface area (Å²) < 4.78 is 1.90. The Morgan fingerprint density at radius 1 is 1.05 bits per heavy atom. The molecule has 0 amide bonds. The summed E-state index contributed by atoms with van der Waals surface area (Å²) in [6.45, 7) is 1.86. The number of fused-ring (bicyclic) bond motifs is 1. The van der Waals surface area contributed by atoms with Crippen molar-refractivity contribution in [1.29, 1.82) is 0 Å². The van der Waals surface area contributed by atoms with E-state index < -0.39 is 0 Å². The number of halogens is 4. The summed E-state index contributed by atoms with van der Waals surface area (Å²) in [5.41, 5.74) is 2.35. The number of para-hydroxylation sites is 1. The Morgan fingerprint density at radius 2 is 1.71 bits per heavy atom. The molecule has 0 aliphatic carbocycles. The zero-order chi connectivity index (χ0) is 15.1. The lowest BCUT2D eigenvalue weighted by Crippen LogP contribution is -2.02. The molecule has 1 aromatic heterocycles. The highest BCUT2D eigenvalue weighted by Gasteiger charge is 2.18. The average molecular weight is 360 g/mol. The van der Waals surface area contributed by atoms with Crippen LogP contribution in [0.3, 0.4) is 0 Å². The average Bonchev–Trinajstić information content (AvgIpc) is 2.78. The van der Waals surface area contributed by atoms with Crippen molar-refractivity contribution in [3.05, 3.63) is 57.3 Å². The highest BCUT2D eigenvalue weighted by Crippen LogP contribution is 2.33. The zero-order valence-electron chi connectivity index (χ0n) is 10.9. The highest BCUT2D eigenvalue weighted by atomic mass is 35.5. The third-order valence-electron chi connectivity index (χ3n) is 3.11. The van der Waals surface area contributed by atoms with E-state index in [0.717, 1.165) is 16.7 Å². The van der Waals surface area contributed by atoms with Crippen LogP contribution in [0.4, 0.5) is 0 Å². The van der Waals surface area contributed by atoms with Gasteiger partial charge in [-0.3, -0.25) is 4.57 Å². The SMILES string of the molecule is CC(Cl)c1nc2cccc(Cl)c2n1-c1cc(Cl)cc(Cl)c1. The van der Waals surface area contributed by atoms with Gasteiger partial charge in [0.25, 0.3) is 0 Å². The Morgan fingerprint density at radius 3 is 2.33 bits per heavy atom. The van der Waals surface area contributed by atoms with E-state index in [-0.39, 0.29) is 5.38 Å². The van der Waals surface area contributed by atoms with Crippen LogP contribution in [0.1, 0.15) is 18.1 Å². The highest BCUT2D eigenvalue weighted by molar-refractivity contribution is 6.36. The first-order valence-electron chi connectivity index (χ1n) is 6.25. The van der Waals surface area contributed by atoms with Crippen molar-refractivity contribution in [1.82, 2.24) is 9.55 Å². The number of imidazole rings is 1. The van der Waals surface area contributed by atoms with Gasteiger partial charge in [0, 0.05) is 10.0 Å². The normalized spacial score (nSPS) is 12.8. The molecule has 0 N–H and O–H groups in total. The first-order valence-corrected chi connectivity index (χ1v) is 7.82. The predicted octanol–water partition coefficient (Wildman–Crippen LogP) is 6.29. The first-order chi connectivity index (χ1) is 9.97. The van der Waals surface area contributed by atoms with Crippen molar-refractivity contribution in [2.75, 3.05) is 0 Å². The maximum atomic E-state index is 6.34. The monoisotopic (exact) mass is 358 g/mol. The van der Waals surface area contributed by atoms with Crippen molar-refractivity contribution >= 4 is 57.4 Å². The lowest BCUT2D eigenvalue weighted by Gasteiger charge is -2.12. The smallest absolute Gasteiger partial charge is 0.132 e. The molecule has 108 valence electrons. The van der Waals surface area contributed by atoms with E-state index in [1.807, 2.05) is 29.7 Å². The van der Waals surface area contributed by atoms with Gasteiger partial charge in [0.2, 0.25) is 0 Å². The van der Waals surface area contributed by atoms with Crippen molar-refractivity contribution < 1.29 is 0 Å². The zero-order valence-corrected chi connectivity index (χ0v) is 14.0. The molecule has 0 saturated heterocycles. The maximum absolute atomic E-state index is 6.34. The molecule has 1 unspecified atom stereocenters. The van der Waals surface area contributed by atoms with Gasteiger partial charge in [-0.2, -0.15) is 0 Å². The molecule has 0 bridgehead atoms. The van der Waals surface area contributed by atoms with E-state index in [1.165, 1.54) is 0 Å². The number of aromatic nitrogens is 2. The summed E-state index contributed by atoms with van der Waals surface area (Å²) in [5.74, 6) is 0.693. The molecule has 0 aliphatic rings. The molecular weight excluding hydrogens is 350 g/mol. The van der Waals surface area contributed by atoms with E-state index in [9.17, 15) is 0 Å². The van der Waals surface area contributed by atoms with Gasteiger partial charge in [-0.25, -0.2) is 4.98 Å². The largest absolute Gasteiger partial charge is 0.293 e. The Hall–Kier alpha value is -0.930. The van der Waals surface area contributed by atoms with Gasteiger partial charge >= 0.3 is 0 Å². The van der Waals surface area contributed by atoms with Crippen LogP contribution in [-0.4, -0.2) is 9.55 Å². The summed E-state index contributed by atoms with van der Waals surface area (Å²) >= 11 is 24.8. The Bertz CT molecular complexity index is 804. The van der Waals surface area contributed by atoms with Crippen molar-refractivity contribution in [3.63, 3.8) is 0 Å². The summed E-state index contributed by atoms with van der Waals surface area (Å²) in [6, 6.07) is 10.9. The van der Waals surface area contributed by atoms with Gasteiger partial charge in [-0.15, -0.1) is 11.6 Å². The van der Waals surface area contributed by atoms with E-state index in [4.69, 9.17) is 46.4 Å². The van der Waals surface area contributed by atoms with Crippen molar-refractivity contribution in [3.8, 4) is 5.69 Å². The van der Waals surface area contributed by atoms with Crippen molar-refractivity contribution in [2.45, 2.75) is 12.3 Å². The lowest BCUT2D eigenvalue weighted by molar-refractivity contribution is 0.882. The fourth-order valence-corrected chi connectivity index (χ4v) is 3.22. The number of nitrogens with zero attached hydrogens (tertiary/aromatic N) is 2. The number of hydrogen-bond donors (Lipinski definition) is 0. The van der Waals surface area contributed by atoms with E-state index >= 15 is 0 Å². The summed E-state index contributed by atoms with van der Waals surface area (Å²) in [7, 11) is 0. The second-order valence-corrected chi connectivity index (χ2v) is 6.59. The molecule has 0 spiro atoms. The minimum atomic E-state index is -0.286. The third-order valence-corrected chi connectivity index (χ3v) is 4.05. The predicted molar refractivity (Wildman–Crippen MR) is 90.4 cm³/mol. The summed E-state index contributed by atoms with van der Waals surface area (Å²) in [4.78, 5) is 4.57. The second kappa shape index (κ2) is 5.69. The molecule has 1 heterocycles. The molecule has 3 aromatic rings. The van der Waals surface area contributed by atoms with Gasteiger partial charge in [-0.1, -0.05) is 40.9 Å². The minimum absolute atomic E-state index is 0.286. The van der Waals surface area contributed by atoms with E-state index in [0.29, 0.717) is 20.9 Å². The van der Waals surface area contributed by atoms with Crippen LogP contribution >= 0.6 is 46.4 Å². The third kappa shape index (κ3) is 2.74. The van der Waals surface area contributed by atoms with Crippen LogP contribution < -0.4 is 0 Å². The topological polar surface area (TPSA) is 17.8 Å². The van der Waals surface area contributed by atoms with Crippen LogP contribution in [0.25, 0.3) is 16.7 Å². The Balaban J connectivity index is 2.41. The van der Waals surface area contributed by atoms with Crippen LogP contribution in [0.15, 0.2) is 36.4 Å². The fourth-order valence-electron chi connectivity index (χ4n) is 2.30. The van der Waals surface area contributed by atoms with E-state index in [2.05, 4.69) is 4.98 Å². The van der Waals surface area contributed by atoms with Crippen LogP contribution in [-0.2, 0) is 0 Å². The number of alkyl halides is 1. The van der Waals surface area contributed by atoms with Crippen LogP contribution in [0.2, 0.25) is 15.1 Å². The molecule has 3 rings (SSSR count). The molecule has 2 nitrogen and oxygen atoms in total. The maximum Gasteiger partial charge on any atom is 0.132 e. The molecule has 21 heavy (non-hydrogen) atoms. The van der Waals surface area contributed by atoms with Gasteiger partial charge in [0.15, 0.2) is 0 Å². The van der Waals surface area contributed by atoms with Crippen LogP contribution in [0, 0.1) is 0 Å². The first kappa shape index (κ1) is 15.0. The lowest BCUT2D eigenvalue weighted by atomic mass is 10.2. The molecule has 1 atom stereocenters.